The molecule has 8 heteroatoms. The Balaban J connectivity index is 1.84. The van der Waals surface area contributed by atoms with Crippen LogP contribution in [0.25, 0.3) is 10.9 Å². The highest BCUT2D eigenvalue weighted by atomic mass is 16.5. The molecule has 0 unspecified atom stereocenters. The monoisotopic (exact) mass is 412 g/mol. The third-order valence-corrected chi connectivity index (χ3v) is 5.45. The number of carbonyl (C=O) groups is 3. The number of ether oxygens (including phenoxy) is 1. The lowest BCUT2D eigenvalue weighted by Gasteiger charge is -2.28. The average molecular weight is 412 g/mol. The van der Waals surface area contributed by atoms with Gasteiger partial charge in [0.2, 0.25) is 0 Å². The maximum atomic E-state index is 13.1. The number of carbonyl (C=O) groups excluding carboxylic acids is 3. The molecular formula is C22H28N4O4. The van der Waals surface area contributed by atoms with E-state index in [0.717, 1.165) is 25.7 Å². The van der Waals surface area contributed by atoms with E-state index in [-0.39, 0.29) is 23.9 Å². The smallest absolute Gasteiger partial charge is 0.295 e. The Morgan fingerprint density at radius 3 is 2.63 bits per heavy atom. The Hall–Kier alpha value is -3.16. The predicted molar refractivity (Wildman–Crippen MR) is 115 cm³/mol. The minimum atomic E-state index is -0.699. The summed E-state index contributed by atoms with van der Waals surface area (Å²) < 4.78 is 5.20. The SMILES string of the molecule is COc1ccc2c(C(=O)C(=O)N(CC(=O)N=C(C)N)CC3CCCCC3)c[nH]c2c1. The molecule has 1 aliphatic carbocycles. The summed E-state index contributed by atoms with van der Waals surface area (Å²) in [5, 5.41) is 0.633. The number of aliphatic imine (C=N–C) groups is 1. The second kappa shape index (κ2) is 9.56. The largest absolute Gasteiger partial charge is 0.497 e. The molecule has 30 heavy (non-hydrogen) atoms. The number of amides is 2. The maximum absolute atomic E-state index is 13.1. The number of methoxy groups -OCH3 is 1. The maximum Gasteiger partial charge on any atom is 0.295 e. The van der Waals surface area contributed by atoms with Crippen molar-refractivity contribution in [1.29, 1.82) is 0 Å². The van der Waals surface area contributed by atoms with Crippen molar-refractivity contribution >= 4 is 34.3 Å². The predicted octanol–water partition coefficient (Wildman–Crippen LogP) is 2.67. The van der Waals surface area contributed by atoms with Crippen LogP contribution in [0.2, 0.25) is 0 Å². The summed E-state index contributed by atoms with van der Waals surface area (Å²) in [5.74, 6) is -0.829. The minimum absolute atomic E-state index is 0.127. The summed E-state index contributed by atoms with van der Waals surface area (Å²) in [6.07, 6.45) is 6.86. The van der Waals surface area contributed by atoms with E-state index in [2.05, 4.69) is 9.98 Å². The van der Waals surface area contributed by atoms with Gasteiger partial charge in [-0.1, -0.05) is 19.3 Å². The van der Waals surface area contributed by atoms with Gasteiger partial charge in [-0.05, 0) is 37.8 Å². The van der Waals surface area contributed by atoms with E-state index in [4.69, 9.17) is 10.5 Å². The lowest BCUT2D eigenvalue weighted by atomic mass is 9.89. The average Bonchev–Trinajstić information content (AvgIpc) is 3.15. The molecule has 3 rings (SSSR count). The van der Waals surface area contributed by atoms with E-state index in [1.54, 1.807) is 25.3 Å². The van der Waals surface area contributed by atoms with Crippen LogP contribution in [0.3, 0.4) is 0 Å². The number of ketones is 1. The molecule has 160 valence electrons. The Bertz CT molecular complexity index is 969. The summed E-state index contributed by atoms with van der Waals surface area (Å²) in [7, 11) is 1.56. The van der Waals surface area contributed by atoms with Crippen molar-refractivity contribution in [2.24, 2.45) is 16.6 Å². The van der Waals surface area contributed by atoms with E-state index in [0.29, 0.717) is 23.2 Å². The number of nitrogens with zero attached hydrogens (tertiary/aromatic N) is 2. The molecular weight excluding hydrogens is 384 g/mol. The van der Waals surface area contributed by atoms with Gasteiger partial charge in [0.25, 0.3) is 17.6 Å². The van der Waals surface area contributed by atoms with E-state index >= 15 is 0 Å². The van der Waals surface area contributed by atoms with Crippen LogP contribution in [0.1, 0.15) is 49.4 Å². The molecule has 1 fully saturated rings. The van der Waals surface area contributed by atoms with Gasteiger partial charge < -0.3 is 20.4 Å². The summed E-state index contributed by atoms with van der Waals surface area (Å²) >= 11 is 0. The molecule has 0 aliphatic heterocycles. The number of aromatic amines is 1. The molecule has 1 saturated carbocycles. The molecule has 2 aromatic rings. The van der Waals surface area contributed by atoms with E-state index < -0.39 is 17.6 Å². The highest BCUT2D eigenvalue weighted by Crippen LogP contribution is 2.26. The Kier molecular flexibility index (Phi) is 6.87. The number of Topliss-reactive ketones (excluding diaryl/α,β-unsaturated/α-hetero) is 1. The molecule has 3 N–H and O–H groups in total. The number of H-pyrrole nitrogens is 1. The molecule has 0 atom stereocenters. The first kappa shape index (κ1) is 21.5. The van der Waals surface area contributed by atoms with Crippen LogP contribution in [0.4, 0.5) is 0 Å². The van der Waals surface area contributed by atoms with Crippen molar-refractivity contribution in [3.63, 3.8) is 0 Å². The van der Waals surface area contributed by atoms with Crippen LogP contribution in [-0.4, -0.2) is 53.5 Å². The summed E-state index contributed by atoms with van der Waals surface area (Å²) in [5.41, 5.74) is 6.47. The van der Waals surface area contributed by atoms with Crippen LogP contribution in [0, 0.1) is 5.92 Å². The van der Waals surface area contributed by atoms with E-state index in [9.17, 15) is 14.4 Å². The van der Waals surface area contributed by atoms with Gasteiger partial charge in [-0.25, -0.2) is 0 Å². The van der Waals surface area contributed by atoms with Gasteiger partial charge in [0.05, 0.1) is 18.5 Å². The lowest BCUT2D eigenvalue weighted by Crippen LogP contribution is -2.43. The van der Waals surface area contributed by atoms with Gasteiger partial charge in [0.1, 0.15) is 12.3 Å². The molecule has 0 saturated heterocycles. The summed E-state index contributed by atoms with van der Waals surface area (Å²) in [6.45, 7) is 1.62. The molecule has 0 radical (unpaired) electrons. The molecule has 2 amide bonds. The zero-order valence-corrected chi connectivity index (χ0v) is 17.4. The van der Waals surface area contributed by atoms with E-state index in [1.165, 1.54) is 24.4 Å². The second-order valence-electron chi connectivity index (χ2n) is 7.78. The van der Waals surface area contributed by atoms with Crippen molar-refractivity contribution in [1.82, 2.24) is 9.88 Å². The van der Waals surface area contributed by atoms with Gasteiger partial charge in [-0.15, -0.1) is 0 Å². The molecule has 1 aliphatic rings. The van der Waals surface area contributed by atoms with Crippen molar-refractivity contribution in [2.75, 3.05) is 20.2 Å². The fourth-order valence-electron chi connectivity index (χ4n) is 3.97. The minimum Gasteiger partial charge on any atom is -0.497 e. The van der Waals surface area contributed by atoms with Crippen molar-refractivity contribution < 1.29 is 19.1 Å². The number of amidine groups is 1. The zero-order valence-electron chi connectivity index (χ0n) is 17.4. The van der Waals surface area contributed by atoms with E-state index in [1.807, 2.05) is 0 Å². The third-order valence-electron chi connectivity index (χ3n) is 5.45. The van der Waals surface area contributed by atoms with Crippen molar-refractivity contribution in [3.8, 4) is 5.75 Å². The van der Waals surface area contributed by atoms with Gasteiger partial charge in [0, 0.05) is 29.7 Å². The highest BCUT2D eigenvalue weighted by Gasteiger charge is 2.29. The number of aromatic nitrogens is 1. The number of nitrogens with one attached hydrogen (secondary N) is 1. The van der Waals surface area contributed by atoms with Crippen LogP contribution in [0.5, 0.6) is 5.75 Å². The van der Waals surface area contributed by atoms with Crippen molar-refractivity contribution in [3.05, 3.63) is 30.0 Å². The van der Waals surface area contributed by atoms with Gasteiger partial charge >= 0.3 is 0 Å². The number of nitrogens with two attached hydrogens (primary N) is 1. The first-order chi connectivity index (χ1) is 14.4. The second-order valence-corrected chi connectivity index (χ2v) is 7.78. The number of hydrogen-bond acceptors (Lipinski definition) is 4. The van der Waals surface area contributed by atoms with Gasteiger partial charge in [-0.2, -0.15) is 4.99 Å². The van der Waals surface area contributed by atoms with Crippen LogP contribution >= 0.6 is 0 Å². The normalized spacial score (nSPS) is 15.2. The fourth-order valence-corrected chi connectivity index (χ4v) is 3.97. The quantitative estimate of drug-likeness (QED) is 0.314. The number of hydrogen-bond donors (Lipinski definition) is 2. The zero-order chi connectivity index (χ0) is 21.7. The molecule has 0 spiro atoms. The first-order valence-electron chi connectivity index (χ1n) is 10.2. The van der Waals surface area contributed by atoms with Gasteiger partial charge in [-0.3, -0.25) is 14.4 Å². The molecule has 8 nitrogen and oxygen atoms in total. The number of fused-ring (bicyclic) bond motifs is 1. The molecule has 1 aromatic carbocycles. The van der Waals surface area contributed by atoms with Crippen LogP contribution in [-0.2, 0) is 9.59 Å². The number of rotatable bonds is 7. The fraction of sp³-hybridized carbons (Fsp3) is 0.455. The van der Waals surface area contributed by atoms with Gasteiger partial charge in [0.15, 0.2) is 0 Å². The third kappa shape index (κ3) is 5.06. The topological polar surface area (TPSA) is 118 Å². The summed E-state index contributed by atoms with van der Waals surface area (Å²) in [6, 6.07) is 5.24. The summed E-state index contributed by atoms with van der Waals surface area (Å²) in [4.78, 5) is 46.4. The lowest BCUT2D eigenvalue weighted by molar-refractivity contribution is -0.132. The first-order valence-corrected chi connectivity index (χ1v) is 10.2. The Morgan fingerprint density at radius 1 is 1.23 bits per heavy atom. The van der Waals surface area contributed by atoms with Crippen LogP contribution in [0.15, 0.2) is 29.4 Å². The Morgan fingerprint density at radius 2 is 1.97 bits per heavy atom. The molecule has 1 heterocycles. The number of benzene rings is 1. The van der Waals surface area contributed by atoms with Crippen LogP contribution < -0.4 is 10.5 Å². The molecule has 0 bridgehead atoms. The highest BCUT2D eigenvalue weighted by molar-refractivity contribution is 6.45. The van der Waals surface area contributed by atoms with Crippen molar-refractivity contribution in [2.45, 2.75) is 39.0 Å². The Labute approximate surface area is 175 Å². The molecule has 1 aromatic heterocycles. The standard InChI is InChI=1S/C22H28N4O4/c1-14(23)25-20(27)13-26(12-15-6-4-3-5-7-15)22(29)21(28)18-11-24-19-10-16(30-2)8-9-17(18)19/h8-11,15,24H,3-7,12-13H2,1-2H3,(H2,23,25,27).